The van der Waals surface area contributed by atoms with Crippen molar-refractivity contribution in [3.63, 3.8) is 0 Å². The summed E-state index contributed by atoms with van der Waals surface area (Å²) in [7, 11) is -3.85. The molecule has 0 spiro atoms. The van der Waals surface area contributed by atoms with Crippen molar-refractivity contribution in [1.29, 1.82) is 0 Å². The third kappa shape index (κ3) is 2.98. The van der Waals surface area contributed by atoms with Gasteiger partial charge in [0.2, 0.25) is 0 Å². The molecule has 20 heavy (non-hydrogen) atoms. The minimum Gasteiger partial charge on any atom is -0.477 e. The number of aromatic nitrogens is 1. The lowest BCUT2D eigenvalue weighted by atomic mass is 10.2. The fourth-order valence-corrected chi connectivity index (χ4v) is 2.60. The van der Waals surface area contributed by atoms with Gasteiger partial charge in [-0.05, 0) is 23.8 Å². The van der Waals surface area contributed by atoms with E-state index in [-0.39, 0.29) is 17.2 Å². The highest BCUT2D eigenvalue weighted by atomic mass is 32.2. The van der Waals surface area contributed by atoms with E-state index >= 15 is 0 Å². The maximum atomic E-state index is 12.0. The molecular weight excluding hydrogens is 284 g/mol. The number of sulfonamides is 1. The molecule has 0 unspecified atom stereocenters. The average molecular weight is 296 g/mol. The summed E-state index contributed by atoms with van der Waals surface area (Å²) in [5.41, 5.74) is 0.768. The third-order valence-electron chi connectivity index (χ3n) is 2.59. The van der Waals surface area contributed by atoms with Crippen LogP contribution in [-0.4, -0.2) is 29.6 Å². The Balaban J connectivity index is 2.23. The van der Waals surface area contributed by atoms with Crippen LogP contribution in [0.2, 0.25) is 0 Å². The van der Waals surface area contributed by atoms with Crippen LogP contribution < -0.4 is 4.72 Å². The maximum absolute atomic E-state index is 12.0. The van der Waals surface area contributed by atoms with E-state index in [9.17, 15) is 13.2 Å². The minimum absolute atomic E-state index is 0.132. The Morgan fingerprint density at radius 3 is 2.40 bits per heavy atom. The number of aliphatic hydroxyl groups excluding tert-OH is 1. The van der Waals surface area contributed by atoms with Crippen LogP contribution in [0, 0.1) is 0 Å². The van der Waals surface area contributed by atoms with Gasteiger partial charge < -0.3 is 15.2 Å². The van der Waals surface area contributed by atoms with Crippen LogP contribution in [0.1, 0.15) is 16.1 Å². The number of aromatic amines is 1. The molecule has 0 aliphatic carbocycles. The van der Waals surface area contributed by atoms with Crippen LogP contribution in [0.3, 0.4) is 0 Å². The standard InChI is InChI=1S/C12H12N2O5S/c15-7-8-1-3-9(4-2-8)14-20(18,19)10-5-11(12(16)17)13-6-10/h1-6,13-15H,7H2,(H,16,17). The van der Waals surface area contributed by atoms with Gasteiger partial charge in [0.15, 0.2) is 0 Å². The largest absolute Gasteiger partial charge is 0.477 e. The highest BCUT2D eigenvalue weighted by molar-refractivity contribution is 7.92. The molecule has 0 aliphatic rings. The highest BCUT2D eigenvalue weighted by Gasteiger charge is 2.18. The van der Waals surface area contributed by atoms with Crippen molar-refractivity contribution in [1.82, 2.24) is 4.98 Å². The summed E-state index contributed by atoms with van der Waals surface area (Å²) in [4.78, 5) is 12.9. The smallest absolute Gasteiger partial charge is 0.352 e. The van der Waals surface area contributed by atoms with Crippen molar-refractivity contribution in [2.45, 2.75) is 11.5 Å². The fourth-order valence-electron chi connectivity index (χ4n) is 1.55. The lowest BCUT2D eigenvalue weighted by Crippen LogP contribution is -2.12. The SMILES string of the molecule is O=C(O)c1cc(S(=O)(=O)Nc2ccc(CO)cc2)c[nH]1. The number of carbonyl (C=O) groups is 1. The van der Waals surface area contributed by atoms with Crippen molar-refractivity contribution in [3.8, 4) is 0 Å². The molecule has 1 heterocycles. The molecule has 0 radical (unpaired) electrons. The number of H-pyrrole nitrogens is 1. The number of anilines is 1. The van der Waals surface area contributed by atoms with Crippen LogP contribution in [-0.2, 0) is 16.6 Å². The zero-order valence-corrected chi connectivity index (χ0v) is 11.0. The normalized spacial score (nSPS) is 11.2. The van der Waals surface area contributed by atoms with Crippen LogP contribution in [0.4, 0.5) is 5.69 Å². The maximum Gasteiger partial charge on any atom is 0.352 e. The summed E-state index contributed by atoms with van der Waals surface area (Å²) in [6, 6.07) is 7.21. The predicted octanol–water partition coefficient (Wildman–Crippen LogP) is 1.01. The first-order chi connectivity index (χ1) is 9.42. The Morgan fingerprint density at radius 2 is 1.90 bits per heavy atom. The van der Waals surface area contributed by atoms with Crippen molar-refractivity contribution < 1.29 is 23.4 Å². The molecule has 8 heteroatoms. The number of carboxylic acid groups (broad SMARTS) is 1. The topological polar surface area (TPSA) is 119 Å². The molecule has 106 valence electrons. The second kappa shape index (κ2) is 5.35. The molecule has 4 N–H and O–H groups in total. The number of rotatable bonds is 5. The van der Waals surface area contributed by atoms with Gasteiger partial charge >= 0.3 is 5.97 Å². The summed E-state index contributed by atoms with van der Waals surface area (Å²) in [5.74, 6) is -1.24. The molecule has 1 aromatic carbocycles. The molecule has 0 saturated heterocycles. The van der Waals surface area contributed by atoms with E-state index in [0.717, 1.165) is 12.3 Å². The first kappa shape index (κ1) is 14.1. The summed E-state index contributed by atoms with van der Waals surface area (Å²) in [6.07, 6.45) is 1.11. The van der Waals surface area contributed by atoms with E-state index in [2.05, 4.69) is 9.71 Å². The average Bonchev–Trinajstić information content (AvgIpc) is 2.90. The molecule has 0 bridgehead atoms. The quantitative estimate of drug-likeness (QED) is 0.656. The summed E-state index contributed by atoms with van der Waals surface area (Å²) in [5, 5.41) is 17.6. The second-order valence-corrected chi connectivity index (χ2v) is 5.70. The molecule has 2 aromatic rings. The molecule has 2 rings (SSSR count). The highest BCUT2D eigenvalue weighted by Crippen LogP contribution is 2.17. The molecular formula is C12H12N2O5S. The van der Waals surface area contributed by atoms with Gasteiger partial charge in [-0.1, -0.05) is 12.1 Å². The summed E-state index contributed by atoms with van der Waals surface area (Å²) < 4.78 is 26.4. The van der Waals surface area contributed by atoms with Gasteiger partial charge in [-0.3, -0.25) is 4.72 Å². The van der Waals surface area contributed by atoms with Crippen molar-refractivity contribution in [2.24, 2.45) is 0 Å². The first-order valence-corrected chi connectivity index (χ1v) is 7.05. The van der Waals surface area contributed by atoms with Gasteiger partial charge in [-0.15, -0.1) is 0 Å². The first-order valence-electron chi connectivity index (χ1n) is 5.57. The molecule has 0 amide bonds. The fraction of sp³-hybridized carbons (Fsp3) is 0.0833. The number of hydrogen-bond donors (Lipinski definition) is 4. The second-order valence-electron chi connectivity index (χ2n) is 4.01. The molecule has 0 atom stereocenters. The zero-order valence-electron chi connectivity index (χ0n) is 10.2. The van der Waals surface area contributed by atoms with E-state index in [1.165, 1.54) is 12.1 Å². The Hall–Kier alpha value is -2.32. The van der Waals surface area contributed by atoms with Crippen LogP contribution in [0.15, 0.2) is 41.4 Å². The van der Waals surface area contributed by atoms with Crippen LogP contribution in [0.5, 0.6) is 0 Å². The van der Waals surface area contributed by atoms with Crippen molar-refractivity contribution >= 4 is 21.7 Å². The molecule has 1 aromatic heterocycles. The number of aromatic carboxylic acids is 1. The number of nitrogens with one attached hydrogen (secondary N) is 2. The predicted molar refractivity (Wildman–Crippen MR) is 70.9 cm³/mol. The Bertz CT molecular complexity index is 719. The lowest BCUT2D eigenvalue weighted by Gasteiger charge is -2.06. The van der Waals surface area contributed by atoms with Gasteiger partial charge in [0, 0.05) is 11.9 Å². The van der Waals surface area contributed by atoms with Gasteiger partial charge in [-0.25, -0.2) is 13.2 Å². The van der Waals surface area contributed by atoms with Gasteiger partial charge in [0.25, 0.3) is 10.0 Å². The number of aliphatic hydroxyl groups is 1. The third-order valence-corrected chi connectivity index (χ3v) is 3.95. The van der Waals surface area contributed by atoms with Crippen molar-refractivity contribution in [2.75, 3.05) is 4.72 Å². The van der Waals surface area contributed by atoms with E-state index in [1.54, 1.807) is 12.1 Å². The Labute approximate surface area is 114 Å². The molecule has 0 aliphatic heterocycles. The van der Waals surface area contributed by atoms with E-state index < -0.39 is 16.0 Å². The summed E-state index contributed by atoms with van der Waals surface area (Å²) in [6.45, 7) is -0.132. The lowest BCUT2D eigenvalue weighted by molar-refractivity contribution is 0.0691. The monoisotopic (exact) mass is 296 g/mol. The number of hydrogen-bond acceptors (Lipinski definition) is 4. The minimum atomic E-state index is -3.85. The number of benzene rings is 1. The van der Waals surface area contributed by atoms with Crippen LogP contribution >= 0.6 is 0 Å². The van der Waals surface area contributed by atoms with E-state index in [4.69, 9.17) is 10.2 Å². The summed E-state index contributed by atoms with van der Waals surface area (Å²) >= 11 is 0. The van der Waals surface area contributed by atoms with Crippen molar-refractivity contribution in [3.05, 3.63) is 47.8 Å². The molecule has 0 saturated carbocycles. The van der Waals surface area contributed by atoms with Crippen LogP contribution in [0.25, 0.3) is 0 Å². The van der Waals surface area contributed by atoms with E-state index in [1.807, 2.05) is 0 Å². The van der Waals surface area contributed by atoms with E-state index in [0.29, 0.717) is 11.3 Å². The Morgan fingerprint density at radius 1 is 1.25 bits per heavy atom. The number of carboxylic acids is 1. The van der Waals surface area contributed by atoms with Gasteiger partial charge in [0.05, 0.1) is 6.61 Å². The molecule has 7 nitrogen and oxygen atoms in total. The molecule has 0 fully saturated rings. The van der Waals surface area contributed by atoms with Gasteiger partial charge in [0.1, 0.15) is 10.6 Å². The zero-order chi connectivity index (χ0) is 14.8. The Kier molecular flexibility index (Phi) is 3.77. The van der Waals surface area contributed by atoms with Gasteiger partial charge in [-0.2, -0.15) is 0 Å².